The highest BCUT2D eigenvalue weighted by Gasteiger charge is 2.34. The number of rotatable bonds is 3. The normalized spacial score (nSPS) is 11.9. The maximum Gasteiger partial charge on any atom is 0.433 e. The van der Waals surface area contributed by atoms with Crippen LogP contribution in [-0.2, 0) is 18.5 Å². The van der Waals surface area contributed by atoms with Gasteiger partial charge in [-0.1, -0.05) is 11.6 Å². The fourth-order valence-corrected chi connectivity index (χ4v) is 3.78. The van der Waals surface area contributed by atoms with E-state index in [-0.39, 0.29) is 32.8 Å². The molecular formula is C29H20ClF9N6O3. The summed E-state index contributed by atoms with van der Waals surface area (Å²) in [6, 6.07) is 8.31. The van der Waals surface area contributed by atoms with Gasteiger partial charge in [-0.2, -0.15) is 39.5 Å². The second-order valence-corrected chi connectivity index (χ2v) is 9.87. The molecule has 48 heavy (non-hydrogen) atoms. The second-order valence-electron chi connectivity index (χ2n) is 9.51. The van der Waals surface area contributed by atoms with Gasteiger partial charge in [0.25, 0.3) is 5.56 Å². The Hall–Kier alpha value is -5.26. The first-order valence-electron chi connectivity index (χ1n) is 12.9. The highest BCUT2D eigenvalue weighted by Crippen LogP contribution is 2.31. The standard InChI is InChI=1S/C11H11F3N2O2.C9H4ClF3N2.C9H5F3N2O/c1-16(2)6-5-8-7(10(17)18)3-4-9(15-8)11(12,13)14;10-8-5-1-2-7(9(11,12)13)15-6(5)3-4-14-8;10-9(11,12)7-2-1-5-6(14-7)3-4-13-8(5)15/h3-6H,1-2H3,(H,17,18);1-4H;1-4H,(H,13,15). The van der Waals surface area contributed by atoms with Crippen molar-refractivity contribution in [1.82, 2.24) is 29.8 Å². The van der Waals surface area contributed by atoms with Crippen molar-refractivity contribution in [3.63, 3.8) is 0 Å². The van der Waals surface area contributed by atoms with Crippen LogP contribution >= 0.6 is 11.6 Å². The van der Waals surface area contributed by atoms with Crippen molar-refractivity contribution in [2.24, 2.45) is 0 Å². The smallest absolute Gasteiger partial charge is 0.433 e. The molecule has 5 rings (SSSR count). The van der Waals surface area contributed by atoms with Gasteiger partial charge in [0.2, 0.25) is 0 Å². The highest BCUT2D eigenvalue weighted by atomic mass is 35.5. The monoisotopic (exact) mass is 706 g/mol. The molecule has 0 unspecified atom stereocenters. The number of halogens is 10. The lowest BCUT2D eigenvalue weighted by molar-refractivity contribution is -0.141. The summed E-state index contributed by atoms with van der Waals surface area (Å²) in [6.07, 6.45) is -8.30. The average molecular weight is 707 g/mol. The van der Waals surface area contributed by atoms with Gasteiger partial charge in [-0.3, -0.25) is 4.79 Å². The molecule has 0 atom stereocenters. The molecular weight excluding hydrogens is 687 g/mol. The number of fused-ring (bicyclic) bond motifs is 2. The largest absolute Gasteiger partial charge is 0.478 e. The van der Waals surface area contributed by atoms with Crippen LogP contribution in [0.15, 0.2) is 71.9 Å². The third-order valence-corrected chi connectivity index (χ3v) is 6.05. The van der Waals surface area contributed by atoms with Gasteiger partial charge in [0.1, 0.15) is 22.2 Å². The number of aromatic nitrogens is 5. The van der Waals surface area contributed by atoms with Crippen molar-refractivity contribution in [3.8, 4) is 0 Å². The maximum atomic E-state index is 12.5. The number of nitrogens with zero attached hydrogens (tertiary/aromatic N) is 5. The molecule has 5 heterocycles. The van der Waals surface area contributed by atoms with E-state index in [0.29, 0.717) is 11.5 Å². The molecule has 0 fully saturated rings. The van der Waals surface area contributed by atoms with Gasteiger partial charge in [0, 0.05) is 38.1 Å². The lowest BCUT2D eigenvalue weighted by atomic mass is 10.1. The summed E-state index contributed by atoms with van der Waals surface area (Å²) in [5.41, 5.74) is -3.79. The van der Waals surface area contributed by atoms with Crippen LogP contribution in [0.2, 0.25) is 5.15 Å². The maximum absolute atomic E-state index is 12.5. The summed E-state index contributed by atoms with van der Waals surface area (Å²) >= 11 is 5.69. The van der Waals surface area contributed by atoms with E-state index in [1.54, 1.807) is 19.0 Å². The first-order chi connectivity index (χ1) is 22.2. The number of hydrogen-bond donors (Lipinski definition) is 2. The van der Waals surface area contributed by atoms with Gasteiger partial charge in [-0.15, -0.1) is 0 Å². The minimum atomic E-state index is -4.60. The van der Waals surface area contributed by atoms with E-state index in [2.05, 4.69) is 24.9 Å². The predicted molar refractivity (Wildman–Crippen MR) is 156 cm³/mol. The van der Waals surface area contributed by atoms with E-state index in [1.165, 1.54) is 42.9 Å². The minimum absolute atomic E-state index is 0.0357. The SMILES string of the molecule is CN(C)C=Cc1nc(C(F)(F)F)ccc1C(=O)O.FC(F)(F)c1ccc2c(Cl)nccc2n1.O=c1[nH]ccc2nc(C(F)(F)F)ccc12. The summed E-state index contributed by atoms with van der Waals surface area (Å²) in [5.74, 6) is -1.32. The molecule has 19 heteroatoms. The van der Waals surface area contributed by atoms with Gasteiger partial charge in [0.05, 0.1) is 27.7 Å². The molecule has 0 aromatic carbocycles. The summed E-state index contributed by atoms with van der Waals surface area (Å²) in [5, 5.41) is 9.56. The fourth-order valence-electron chi connectivity index (χ4n) is 3.56. The third-order valence-electron chi connectivity index (χ3n) is 5.75. The molecule has 0 saturated carbocycles. The van der Waals surface area contributed by atoms with Crippen LogP contribution in [0.4, 0.5) is 39.5 Å². The molecule has 0 amide bonds. The van der Waals surface area contributed by atoms with Gasteiger partial charge < -0.3 is 15.0 Å². The average Bonchev–Trinajstić information content (AvgIpc) is 2.99. The van der Waals surface area contributed by atoms with Crippen molar-refractivity contribution in [1.29, 1.82) is 0 Å². The molecule has 0 saturated heterocycles. The Morgan fingerprint density at radius 2 is 1.27 bits per heavy atom. The number of aromatic amines is 1. The van der Waals surface area contributed by atoms with Crippen LogP contribution in [0.5, 0.6) is 0 Å². The zero-order valence-electron chi connectivity index (χ0n) is 24.2. The molecule has 0 aliphatic rings. The van der Waals surface area contributed by atoms with Crippen LogP contribution in [0, 0.1) is 0 Å². The second kappa shape index (κ2) is 14.7. The van der Waals surface area contributed by atoms with Crippen molar-refractivity contribution in [3.05, 3.63) is 111 Å². The summed E-state index contributed by atoms with van der Waals surface area (Å²) < 4.78 is 111. The van der Waals surface area contributed by atoms with E-state index >= 15 is 0 Å². The minimum Gasteiger partial charge on any atom is -0.478 e. The number of carboxylic acids is 1. The van der Waals surface area contributed by atoms with E-state index in [1.807, 2.05) is 0 Å². The van der Waals surface area contributed by atoms with Gasteiger partial charge in [0.15, 0.2) is 0 Å². The summed E-state index contributed by atoms with van der Waals surface area (Å²) in [4.78, 5) is 39.8. The topological polar surface area (TPSA) is 125 Å². The van der Waals surface area contributed by atoms with Gasteiger partial charge in [-0.05, 0) is 54.6 Å². The van der Waals surface area contributed by atoms with Crippen LogP contribution < -0.4 is 5.56 Å². The number of carboxylic acid groups (broad SMARTS) is 1. The first-order valence-corrected chi connectivity index (χ1v) is 13.3. The lowest BCUT2D eigenvalue weighted by Crippen LogP contribution is -2.12. The van der Waals surface area contributed by atoms with Crippen molar-refractivity contribution in [2.75, 3.05) is 14.1 Å². The van der Waals surface area contributed by atoms with Crippen LogP contribution in [-0.4, -0.2) is 55.0 Å². The van der Waals surface area contributed by atoms with Crippen molar-refractivity contribution >= 4 is 45.5 Å². The number of aromatic carboxylic acids is 1. The molecule has 0 spiro atoms. The molecule has 0 radical (unpaired) electrons. The van der Waals surface area contributed by atoms with Crippen LogP contribution in [0.1, 0.15) is 33.1 Å². The fraction of sp³-hybridized carbons (Fsp3) is 0.172. The Morgan fingerprint density at radius 3 is 1.79 bits per heavy atom. The molecule has 0 bridgehead atoms. The number of alkyl halides is 9. The molecule has 254 valence electrons. The summed E-state index contributed by atoms with van der Waals surface area (Å²) in [6.45, 7) is 0. The predicted octanol–water partition coefficient (Wildman–Crippen LogP) is 7.57. The van der Waals surface area contributed by atoms with Gasteiger partial charge >= 0.3 is 24.5 Å². The molecule has 5 aromatic rings. The van der Waals surface area contributed by atoms with E-state index in [4.69, 9.17) is 16.7 Å². The zero-order valence-corrected chi connectivity index (χ0v) is 25.0. The number of hydrogen-bond acceptors (Lipinski definition) is 7. The third kappa shape index (κ3) is 9.87. The number of H-pyrrole nitrogens is 1. The first kappa shape index (κ1) is 37.2. The number of nitrogens with one attached hydrogen (secondary N) is 1. The van der Waals surface area contributed by atoms with Crippen LogP contribution in [0.25, 0.3) is 27.9 Å². The van der Waals surface area contributed by atoms with Crippen molar-refractivity contribution < 1.29 is 49.4 Å². The quantitative estimate of drug-likeness (QED) is 0.145. The molecule has 2 N–H and O–H groups in total. The van der Waals surface area contributed by atoms with E-state index < -0.39 is 47.1 Å². The lowest BCUT2D eigenvalue weighted by Gasteiger charge is -2.09. The Labute approximate surface area is 268 Å². The Balaban J connectivity index is 0.000000196. The highest BCUT2D eigenvalue weighted by molar-refractivity contribution is 6.34. The zero-order chi connectivity index (χ0) is 36.0. The molecule has 5 aromatic heterocycles. The molecule has 0 aliphatic carbocycles. The molecule has 9 nitrogen and oxygen atoms in total. The van der Waals surface area contributed by atoms with Crippen LogP contribution in [0.3, 0.4) is 0 Å². The Kier molecular flexibility index (Phi) is 11.4. The molecule has 0 aliphatic heterocycles. The van der Waals surface area contributed by atoms with Crippen molar-refractivity contribution in [2.45, 2.75) is 18.5 Å². The van der Waals surface area contributed by atoms with E-state index in [0.717, 1.165) is 24.3 Å². The van der Waals surface area contributed by atoms with E-state index in [9.17, 15) is 49.1 Å². The number of carbonyl (C=O) groups is 1. The Morgan fingerprint density at radius 1 is 0.771 bits per heavy atom. The summed E-state index contributed by atoms with van der Waals surface area (Å²) in [7, 11) is 3.31. The van der Waals surface area contributed by atoms with Gasteiger partial charge in [-0.25, -0.2) is 24.7 Å². The Bertz CT molecular complexity index is 2010. The number of pyridine rings is 5.